The van der Waals surface area contributed by atoms with Crippen LogP contribution >= 0.6 is 0 Å². The molecular formula is C13H21N3O3S. The Morgan fingerprint density at radius 3 is 2.55 bits per heavy atom. The van der Waals surface area contributed by atoms with Gasteiger partial charge in [0.15, 0.2) is 0 Å². The van der Waals surface area contributed by atoms with Gasteiger partial charge in [0.2, 0.25) is 0 Å². The van der Waals surface area contributed by atoms with E-state index in [4.69, 9.17) is 4.74 Å². The lowest BCUT2D eigenvalue weighted by molar-refractivity contribution is 0.415. The highest BCUT2D eigenvalue weighted by atomic mass is 32.2. The number of hydrogen-bond acceptors (Lipinski definition) is 4. The number of ether oxygens (including phenoxy) is 1. The molecule has 20 heavy (non-hydrogen) atoms. The Bertz CT molecular complexity index is 530. The lowest BCUT2D eigenvalue weighted by Crippen LogP contribution is -2.34. The Hall–Kier alpha value is -1.31. The monoisotopic (exact) mass is 299 g/mol. The smallest absolute Gasteiger partial charge is 0.304 e. The highest BCUT2D eigenvalue weighted by Crippen LogP contribution is 2.26. The number of anilines is 1. The minimum absolute atomic E-state index is 0.494. The Kier molecular flexibility index (Phi) is 4.85. The van der Waals surface area contributed by atoms with Crippen molar-refractivity contribution in [1.29, 1.82) is 0 Å². The third-order valence-electron chi connectivity index (χ3n) is 3.35. The summed E-state index contributed by atoms with van der Waals surface area (Å²) in [4.78, 5) is 0. The molecule has 7 heteroatoms. The number of benzene rings is 1. The van der Waals surface area contributed by atoms with Crippen molar-refractivity contribution in [3.05, 3.63) is 24.3 Å². The van der Waals surface area contributed by atoms with Crippen molar-refractivity contribution in [2.75, 3.05) is 44.6 Å². The van der Waals surface area contributed by atoms with E-state index in [-0.39, 0.29) is 0 Å². The lowest BCUT2D eigenvalue weighted by Gasteiger charge is -2.20. The second-order valence-corrected chi connectivity index (χ2v) is 6.49. The van der Waals surface area contributed by atoms with Gasteiger partial charge < -0.3 is 10.1 Å². The van der Waals surface area contributed by atoms with E-state index in [1.165, 1.54) is 8.61 Å². The topological polar surface area (TPSA) is 61.9 Å². The van der Waals surface area contributed by atoms with Crippen LogP contribution in [0.3, 0.4) is 0 Å². The van der Waals surface area contributed by atoms with Crippen LogP contribution in [0.1, 0.15) is 6.42 Å². The molecule has 1 fully saturated rings. The summed E-state index contributed by atoms with van der Waals surface area (Å²) < 4.78 is 33.0. The SMILES string of the molecule is CNCCCN1CCN(c2ccc(OC)cc2)S1(=O)=O. The number of hydrogen-bond donors (Lipinski definition) is 1. The number of nitrogens with zero attached hydrogens (tertiary/aromatic N) is 2. The van der Waals surface area contributed by atoms with Crippen LogP contribution in [0.2, 0.25) is 0 Å². The summed E-state index contributed by atoms with van der Waals surface area (Å²) in [6.07, 6.45) is 0.812. The van der Waals surface area contributed by atoms with Crippen molar-refractivity contribution in [1.82, 2.24) is 9.62 Å². The van der Waals surface area contributed by atoms with Gasteiger partial charge >= 0.3 is 10.2 Å². The molecule has 6 nitrogen and oxygen atoms in total. The van der Waals surface area contributed by atoms with Crippen LogP contribution in [0.25, 0.3) is 0 Å². The van der Waals surface area contributed by atoms with E-state index >= 15 is 0 Å². The second kappa shape index (κ2) is 6.43. The van der Waals surface area contributed by atoms with Gasteiger partial charge in [0.1, 0.15) is 5.75 Å². The maximum Gasteiger partial charge on any atom is 0.304 e. The predicted molar refractivity (Wildman–Crippen MR) is 79.4 cm³/mol. The average molecular weight is 299 g/mol. The van der Waals surface area contributed by atoms with Gasteiger partial charge in [-0.1, -0.05) is 0 Å². The Balaban J connectivity index is 2.09. The molecule has 0 atom stereocenters. The zero-order valence-corrected chi connectivity index (χ0v) is 12.7. The molecule has 1 aromatic carbocycles. The predicted octanol–water partition coefficient (Wildman–Crippen LogP) is 0.671. The van der Waals surface area contributed by atoms with Crippen LogP contribution in [-0.2, 0) is 10.2 Å². The van der Waals surface area contributed by atoms with Crippen LogP contribution in [0, 0.1) is 0 Å². The Labute approximate surface area is 120 Å². The third kappa shape index (κ3) is 3.05. The number of rotatable bonds is 6. The second-order valence-electron chi connectivity index (χ2n) is 4.63. The van der Waals surface area contributed by atoms with Gasteiger partial charge in [-0.15, -0.1) is 0 Å². The van der Waals surface area contributed by atoms with Crippen LogP contribution in [0.4, 0.5) is 5.69 Å². The Morgan fingerprint density at radius 2 is 1.95 bits per heavy atom. The molecule has 1 saturated heterocycles. The minimum atomic E-state index is -3.38. The van der Waals surface area contributed by atoms with E-state index in [0.29, 0.717) is 25.3 Å². The van der Waals surface area contributed by atoms with Crippen molar-refractivity contribution in [3.63, 3.8) is 0 Å². The lowest BCUT2D eigenvalue weighted by atomic mass is 10.3. The van der Waals surface area contributed by atoms with E-state index < -0.39 is 10.2 Å². The molecule has 112 valence electrons. The molecule has 0 spiro atoms. The molecule has 0 aromatic heterocycles. The van der Waals surface area contributed by atoms with Crippen molar-refractivity contribution < 1.29 is 13.2 Å². The molecule has 0 bridgehead atoms. The van der Waals surface area contributed by atoms with E-state index in [1.807, 2.05) is 7.05 Å². The maximum atomic E-state index is 12.4. The van der Waals surface area contributed by atoms with Crippen LogP contribution < -0.4 is 14.4 Å². The van der Waals surface area contributed by atoms with Crippen LogP contribution in [0.15, 0.2) is 24.3 Å². The fourth-order valence-electron chi connectivity index (χ4n) is 2.24. The van der Waals surface area contributed by atoms with Gasteiger partial charge in [-0.3, -0.25) is 4.31 Å². The minimum Gasteiger partial charge on any atom is -0.497 e. The molecule has 1 aromatic rings. The summed E-state index contributed by atoms with van der Waals surface area (Å²) >= 11 is 0. The Morgan fingerprint density at radius 1 is 1.25 bits per heavy atom. The molecule has 1 N–H and O–H groups in total. The van der Waals surface area contributed by atoms with Crippen molar-refractivity contribution in [3.8, 4) is 5.75 Å². The average Bonchev–Trinajstić information content (AvgIpc) is 2.74. The van der Waals surface area contributed by atoms with Crippen molar-refractivity contribution in [2.24, 2.45) is 0 Å². The van der Waals surface area contributed by atoms with Gasteiger partial charge in [-0.05, 0) is 44.3 Å². The van der Waals surface area contributed by atoms with Crippen LogP contribution in [0.5, 0.6) is 5.75 Å². The van der Waals surface area contributed by atoms with Gasteiger partial charge in [-0.25, -0.2) is 0 Å². The molecule has 1 aliphatic rings. The summed E-state index contributed by atoms with van der Waals surface area (Å²) in [7, 11) is 0.0687. The van der Waals surface area contributed by atoms with Crippen molar-refractivity contribution >= 4 is 15.9 Å². The van der Waals surface area contributed by atoms with E-state index in [2.05, 4.69) is 5.32 Å². The van der Waals surface area contributed by atoms with Gasteiger partial charge in [0, 0.05) is 19.6 Å². The zero-order valence-electron chi connectivity index (χ0n) is 11.9. The highest BCUT2D eigenvalue weighted by Gasteiger charge is 2.36. The van der Waals surface area contributed by atoms with Gasteiger partial charge in [-0.2, -0.15) is 12.7 Å². The van der Waals surface area contributed by atoms with Crippen LogP contribution in [-0.4, -0.2) is 53.1 Å². The standard InChI is InChI=1S/C13H21N3O3S/c1-14-8-3-9-15-10-11-16(20(15,17)18)12-4-6-13(19-2)7-5-12/h4-7,14H,3,8-11H2,1-2H3. The third-order valence-corrected chi connectivity index (χ3v) is 5.32. The van der Waals surface area contributed by atoms with E-state index in [9.17, 15) is 8.42 Å². The first kappa shape index (κ1) is 15.1. The first-order chi connectivity index (χ1) is 9.59. The largest absolute Gasteiger partial charge is 0.497 e. The molecule has 0 aliphatic carbocycles. The summed E-state index contributed by atoms with van der Waals surface area (Å²) in [5.41, 5.74) is 0.682. The number of methoxy groups -OCH3 is 1. The molecule has 1 heterocycles. The van der Waals surface area contributed by atoms with E-state index in [0.717, 1.165) is 18.7 Å². The molecular weight excluding hydrogens is 278 g/mol. The van der Waals surface area contributed by atoms with Crippen molar-refractivity contribution in [2.45, 2.75) is 6.42 Å². The zero-order chi connectivity index (χ0) is 14.6. The fourth-order valence-corrected chi connectivity index (χ4v) is 3.89. The summed E-state index contributed by atoms with van der Waals surface area (Å²) in [5, 5.41) is 3.03. The summed E-state index contributed by atoms with van der Waals surface area (Å²) in [5.74, 6) is 0.719. The maximum absolute atomic E-state index is 12.4. The molecule has 1 aliphatic heterocycles. The molecule has 0 radical (unpaired) electrons. The molecule has 0 saturated carbocycles. The van der Waals surface area contributed by atoms with Gasteiger partial charge in [0.05, 0.1) is 12.8 Å². The van der Waals surface area contributed by atoms with Gasteiger partial charge in [0.25, 0.3) is 0 Å². The van der Waals surface area contributed by atoms with E-state index in [1.54, 1.807) is 31.4 Å². The first-order valence-electron chi connectivity index (χ1n) is 6.66. The first-order valence-corrected chi connectivity index (χ1v) is 8.06. The summed E-state index contributed by atoms with van der Waals surface area (Å²) in [6.45, 7) is 2.40. The molecule has 0 unspecified atom stereocenters. The number of nitrogens with one attached hydrogen (secondary N) is 1. The molecule has 0 amide bonds. The molecule has 2 rings (SSSR count). The quantitative estimate of drug-likeness (QED) is 0.784. The normalized spacial score (nSPS) is 18.4. The highest BCUT2D eigenvalue weighted by molar-refractivity contribution is 7.90. The fraction of sp³-hybridized carbons (Fsp3) is 0.538. The summed E-state index contributed by atoms with van der Waals surface area (Å²) in [6, 6.07) is 7.09.